The molecule has 2 aliphatic rings. The van der Waals surface area contributed by atoms with Gasteiger partial charge in [0.05, 0.1) is 24.3 Å². The van der Waals surface area contributed by atoms with Gasteiger partial charge in [0.2, 0.25) is 0 Å². The first-order chi connectivity index (χ1) is 11.8. The lowest BCUT2D eigenvalue weighted by molar-refractivity contribution is -0.136. The third kappa shape index (κ3) is 2.90. The summed E-state index contributed by atoms with van der Waals surface area (Å²) in [6.45, 7) is 8.71. The minimum atomic E-state index is -0.435. The average molecular weight is 343 g/mol. The quantitative estimate of drug-likeness (QED) is 0.854. The third-order valence-electron chi connectivity index (χ3n) is 4.99. The van der Waals surface area contributed by atoms with Crippen LogP contribution in [0.25, 0.3) is 0 Å². The van der Waals surface area contributed by atoms with E-state index in [4.69, 9.17) is 4.74 Å². The Morgan fingerprint density at radius 1 is 1.44 bits per heavy atom. The summed E-state index contributed by atoms with van der Waals surface area (Å²) >= 11 is 0. The van der Waals surface area contributed by atoms with E-state index in [9.17, 15) is 9.59 Å². The van der Waals surface area contributed by atoms with Crippen LogP contribution in [0.15, 0.2) is 34.8 Å². The van der Waals surface area contributed by atoms with E-state index in [0.29, 0.717) is 24.1 Å². The summed E-state index contributed by atoms with van der Waals surface area (Å²) in [6, 6.07) is 1.88. The summed E-state index contributed by atoms with van der Waals surface area (Å²) in [7, 11) is 1.37. The smallest absolute Gasteiger partial charge is 0.336 e. The molecule has 6 heteroatoms. The van der Waals surface area contributed by atoms with Gasteiger partial charge < -0.3 is 10.1 Å². The molecule has 25 heavy (non-hydrogen) atoms. The molecule has 0 amide bonds. The van der Waals surface area contributed by atoms with Gasteiger partial charge in [0.15, 0.2) is 5.78 Å². The molecular weight excluding hydrogens is 318 g/mol. The number of dihydropyridines is 1. The number of esters is 1. The average Bonchev–Trinajstić information content (AvgIpc) is 2.99. The molecule has 1 atom stereocenters. The first-order valence-corrected chi connectivity index (χ1v) is 8.63. The standard InChI is InChI=1S/C19H25N3O3/c1-6-22-13(7-8-20-22)17-15(18(24)25-5)11(2)21-12-9-19(3,4)10-14(23)16(12)17/h7-8,17,21H,6,9-10H2,1-5H3/t17-/m1/s1. The van der Waals surface area contributed by atoms with Crippen molar-refractivity contribution in [2.45, 2.75) is 53.0 Å². The Bertz CT molecular complexity index is 799. The van der Waals surface area contributed by atoms with E-state index >= 15 is 0 Å². The molecule has 3 rings (SSSR count). The molecule has 6 nitrogen and oxygen atoms in total. The number of ketones is 1. The predicted octanol–water partition coefficient (Wildman–Crippen LogP) is 2.68. The van der Waals surface area contributed by atoms with Gasteiger partial charge in [-0.3, -0.25) is 9.48 Å². The number of hydrogen-bond acceptors (Lipinski definition) is 5. The van der Waals surface area contributed by atoms with Crippen LogP contribution in [0.2, 0.25) is 0 Å². The van der Waals surface area contributed by atoms with Gasteiger partial charge in [0.25, 0.3) is 0 Å². The Kier molecular flexibility index (Phi) is 4.31. The first-order valence-electron chi connectivity index (χ1n) is 8.63. The van der Waals surface area contributed by atoms with Crippen LogP contribution in [-0.2, 0) is 20.9 Å². The van der Waals surface area contributed by atoms with Crippen LogP contribution >= 0.6 is 0 Å². The van der Waals surface area contributed by atoms with Crippen molar-refractivity contribution in [2.24, 2.45) is 5.41 Å². The fraction of sp³-hybridized carbons (Fsp3) is 0.526. The number of allylic oxidation sites excluding steroid dienone is 3. The number of carbonyl (C=O) groups is 2. The zero-order valence-corrected chi connectivity index (χ0v) is 15.5. The van der Waals surface area contributed by atoms with Gasteiger partial charge in [0.1, 0.15) is 0 Å². The highest BCUT2D eigenvalue weighted by Crippen LogP contribution is 2.46. The lowest BCUT2D eigenvalue weighted by atomic mass is 9.69. The lowest BCUT2D eigenvalue weighted by Crippen LogP contribution is -2.39. The van der Waals surface area contributed by atoms with E-state index in [1.54, 1.807) is 6.20 Å². The van der Waals surface area contributed by atoms with E-state index < -0.39 is 11.9 Å². The molecule has 0 radical (unpaired) electrons. The van der Waals surface area contributed by atoms with E-state index in [1.807, 2.05) is 24.6 Å². The van der Waals surface area contributed by atoms with Gasteiger partial charge in [-0.1, -0.05) is 13.8 Å². The highest BCUT2D eigenvalue weighted by Gasteiger charge is 2.43. The minimum Gasteiger partial charge on any atom is -0.466 e. The van der Waals surface area contributed by atoms with Crippen molar-refractivity contribution in [2.75, 3.05) is 7.11 Å². The summed E-state index contributed by atoms with van der Waals surface area (Å²) in [4.78, 5) is 25.5. The number of carbonyl (C=O) groups excluding carboxylic acids is 2. The van der Waals surface area contributed by atoms with Crippen molar-refractivity contribution in [1.29, 1.82) is 0 Å². The number of nitrogens with zero attached hydrogens (tertiary/aromatic N) is 2. The Morgan fingerprint density at radius 3 is 2.80 bits per heavy atom. The predicted molar refractivity (Wildman–Crippen MR) is 93.5 cm³/mol. The fourth-order valence-corrected chi connectivity index (χ4v) is 3.96. The number of ether oxygens (including phenoxy) is 1. The van der Waals surface area contributed by atoms with Gasteiger partial charge in [-0.05, 0) is 31.7 Å². The number of rotatable bonds is 3. The Balaban J connectivity index is 2.22. The largest absolute Gasteiger partial charge is 0.466 e. The number of methoxy groups -OCH3 is 1. The molecule has 0 saturated carbocycles. The monoisotopic (exact) mass is 343 g/mol. The molecule has 0 fully saturated rings. The van der Waals surface area contributed by atoms with Crippen LogP contribution in [-0.4, -0.2) is 28.6 Å². The molecule has 0 bridgehead atoms. The SMILES string of the molecule is CCn1nccc1[C@@H]1C(C(=O)OC)=C(C)NC2=C1C(=O)CC(C)(C)C2. The van der Waals surface area contributed by atoms with Gasteiger partial charge in [-0.25, -0.2) is 4.79 Å². The third-order valence-corrected chi connectivity index (χ3v) is 4.99. The van der Waals surface area contributed by atoms with Crippen LogP contribution in [0.1, 0.15) is 52.1 Å². The van der Waals surface area contributed by atoms with Crippen molar-refractivity contribution in [3.63, 3.8) is 0 Å². The van der Waals surface area contributed by atoms with Crippen LogP contribution < -0.4 is 5.32 Å². The van der Waals surface area contributed by atoms with Crippen molar-refractivity contribution >= 4 is 11.8 Å². The van der Waals surface area contributed by atoms with Crippen LogP contribution in [0.3, 0.4) is 0 Å². The van der Waals surface area contributed by atoms with Crippen LogP contribution in [0.5, 0.6) is 0 Å². The zero-order valence-electron chi connectivity index (χ0n) is 15.5. The normalized spacial score (nSPS) is 22.6. The Hall–Kier alpha value is -2.37. The highest BCUT2D eigenvalue weighted by molar-refractivity contribution is 6.04. The Labute approximate surface area is 147 Å². The lowest BCUT2D eigenvalue weighted by Gasteiger charge is -2.39. The molecule has 1 N–H and O–H groups in total. The summed E-state index contributed by atoms with van der Waals surface area (Å²) in [5.41, 5.74) is 3.58. The minimum absolute atomic E-state index is 0.0847. The molecular formula is C19H25N3O3. The Morgan fingerprint density at radius 2 is 2.16 bits per heavy atom. The molecule has 0 saturated heterocycles. The summed E-state index contributed by atoms with van der Waals surface area (Å²) in [5, 5.41) is 7.64. The number of aromatic nitrogens is 2. The molecule has 1 aliphatic heterocycles. The topological polar surface area (TPSA) is 73.2 Å². The number of nitrogens with one attached hydrogen (secondary N) is 1. The zero-order chi connectivity index (χ0) is 18.4. The molecule has 1 aromatic heterocycles. The first kappa shape index (κ1) is 17.5. The maximum Gasteiger partial charge on any atom is 0.336 e. The van der Waals surface area contributed by atoms with Gasteiger partial charge in [0, 0.05) is 36.1 Å². The highest BCUT2D eigenvalue weighted by atomic mass is 16.5. The molecule has 1 aromatic rings. The van der Waals surface area contributed by atoms with Gasteiger partial charge >= 0.3 is 5.97 Å². The number of hydrogen-bond donors (Lipinski definition) is 1. The number of aryl methyl sites for hydroxylation is 1. The molecule has 2 heterocycles. The van der Waals surface area contributed by atoms with E-state index in [0.717, 1.165) is 23.5 Å². The maximum atomic E-state index is 13.0. The molecule has 0 spiro atoms. The van der Waals surface area contributed by atoms with E-state index in [2.05, 4.69) is 24.3 Å². The molecule has 0 aromatic carbocycles. The van der Waals surface area contributed by atoms with Crippen molar-refractivity contribution in [1.82, 2.24) is 15.1 Å². The van der Waals surface area contributed by atoms with Crippen LogP contribution in [0, 0.1) is 5.41 Å². The summed E-state index contributed by atoms with van der Waals surface area (Å²) < 4.78 is 6.85. The molecule has 134 valence electrons. The van der Waals surface area contributed by atoms with Gasteiger partial charge in [-0.15, -0.1) is 0 Å². The second kappa shape index (κ2) is 6.17. The second-order valence-corrected chi connectivity index (χ2v) is 7.49. The van der Waals surface area contributed by atoms with Crippen molar-refractivity contribution in [3.8, 4) is 0 Å². The van der Waals surface area contributed by atoms with Gasteiger partial charge in [-0.2, -0.15) is 5.10 Å². The molecule has 1 aliphatic carbocycles. The fourth-order valence-electron chi connectivity index (χ4n) is 3.96. The number of Topliss-reactive ketones (excluding diaryl/α,β-unsaturated/α-hetero) is 1. The van der Waals surface area contributed by atoms with Crippen LogP contribution in [0.4, 0.5) is 0 Å². The maximum absolute atomic E-state index is 13.0. The van der Waals surface area contributed by atoms with E-state index in [1.165, 1.54) is 7.11 Å². The second-order valence-electron chi connectivity index (χ2n) is 7.49. The summed E-state index contributed by atoms with van der Waals surface area (Å²) in [5.74, 6) is -0.765. The van der Waals surface area contributed by atoms with Crippen molar-refractivity contribution < 1.29 is 14.3 Å². The van der Waals surface area contributed by atoms with E-state index in [-0.39, 0.29) is 11.2 Å². The van der Waals surface area contributed by atoms with Crippen molar-refractivity contribution in [3.05, 3.63) is 40.5 Å². The molecule has 0 unspecified atom stereocenters. The summed E-state index contributed by atoms with van der Waals surface area (Å²) in [6.07, 6.45) is 2.96.